The van der Waals surface area contributed by atoms with Gasteiger partial charge in [0.2, 0.25) is 63.7 Å². The Labute approximate surface area is 866 Å². The molecule has 0 aliphatic carbocycles. The summed E-state index contributed by atoms with van der Waals surface area (Å²) in [6, 6.07) is 68.3. The number of carboxylic acid groups (broad SMARTS) is 2. The van der Waals surface area contributed by atoms with E-state index in [1.165, 1.54) is 17.0 Å². The van der Waals surface area contributed by atoms with Crippen molar-refractivity contribution in [1.29, 1.82) is 0 Å². The van der Waals surface area contributed by atoms with Gasteiger partial charge in [0.1, 0.15) is 6.42 Å². The predicted octanol–water partition coefficient (Wildman–Crippen LogP) is 14.3. The third kappa shape index (κ3) is 26.8. The van der Waals surface area contributed by atoms with Gasteiger partial charge in [0.15, 0.2) is 0 Å². The van der Waals surface area contributed by atoms with Crippen molar-refractivity contribution in [3.63, 3.8) is 0 Å². The molecule has 34 nitrogen and oxygen atoms in total. The number of aryl methyl sites for hydroxylation is 4. The van der Waals surface area contributed by atoms with E-state index in [4.69, 9.17) is 10.2 Å². The Kier molecular flexibility index (Phi) is 35.5. The summed E-state index contributed by atoms with van der Waals surface area (Å²) in [7, 11) is -15.5. The lowest BCUT2D eigenvalue weighted by Gasteiger charge is -2.39. The molecule has 149 heavy (non-hydrogen) atoms. The molecule has 0 bridgehead atoms. The van der Waals surface area contributed by atoms with Gasteiger partial charge in [0.25, 0.3) is 23.6 Å². The first kappa shape index (κ1) is 109. The van der Waals surface area contributed by atoms with E-state index >= 15 is 0 Å². The Balaban J connectivity index is 0.000000149. The van der Waals surface area contributed by atoms with Crippen LogP contribution < -0.4 is 50.8 Å². The fraction of sp³-hybridized carbons (Fsp3) is 0.333. The molecule has 0 unspecified atom stereocenters. The summed E-state index contributed by atoms with van der Waals surface area (Å²) in [5.74, 6) is -3.74. The van der Waals surface area contributed by atoms with Crippen molar-refractivity contribution >= 4 is 165 Å². The third-order valence-corrected chi connectivity index (χ3v) is 34.4. The van der Waals surface area contributed by atoms with Crippen molar-refractivity contribution < 1.29 is 91.8 Å². The molecular formula is C111H124N14O20S4. The maximum absolute atomic E-state index is 13.6. The number of nitrogens with zero attached hydrogens (tertiary/aromatic N) is 4. The van der Waals surface area contributed by atoms with Crippen LogP contribution in [0, 0.1) is 27.7 Å². The molecule has 12 N–H and O–H groups in total. The summed E-state index contributed by atoms with van der Waals surface area (Å²) < 4.78 is 119. The van der Waals surface area contributed by atoms with Crippen molar-refractivity contribution in [3.8, 4) is 0 Å². The van der Waals surface area contributed by atoms with Gasteiger partial charge in [-0.05, 0) is 227 Å². The monoisotopic (exact) mass is 2100 g/mol. The summed E-state index contributed by atoms with van der Waals surface area (Å²) in [5.41, 5.74) is 7.71. The molecule has 6 aliphatic heterocycles. The molecule has 12 aromatic carbocycles. The van der Waals surface area contributed by atoms with E-state index in [1.54, 1.807) is 163 Å². The molecular weight excluding hydrogens is 1980 g/mol. The van der Waals surface area contributed by atoms with Gasteiger partial charge in [0.05, 0.1) is 38.1 Å². The van der Waals surface area contributed by atoms with Crippen LogP contribution in [0.3, 0.4) is 0 Å². The number of sulfonamides is 4. The number of amides is 8. The van der Waals surface area contributed by atoms with Crippen molar-refractivity contribution in [2.45, 2.75) is 206 Å². The molecule has 6 heterocycles. The minimum absolute atomic E-state index is 0.0536. The summed E-state index contributed by atoms with van der Waals surface area (Å²) in [6.45, 7) is 15.5. The fourth-order valence-corrected chi connectivity index (χ4v) is 26.3. The standard InChI is InChI=1S/2C29H34N4O4S.C27H29N3O6S.C26H27N3O6S/c2*1-19-8-3-4-9-22(19)28(34)31-25-12-5-11-24-23(25)10-6-14-27(24)38(36,37)32-21-15-17-33(20(2)18-21)29(35)26-13-7-16-30-26;1-18-6-2-3-7-20(18)27(34)28-23-10-4-9-22-21(23)8-5-11-24(22)37(35,36)29-19-14-16-30(17-15-19)25(31)12-13-26(32)33;1-17-6-2-3-7-19(17)26(33)27-22-10-4-9-21-20(22)8-5-11-23(21)36(34,35)28-18-12-14-29(15-13-18)24(30)16-25(31)32/h2*3-6,8-12,14,20-21,26,30,32H,7,13,15-18H2,1-2H3,(H,31,34);2-11,19,29H,12-17H2,1H3,(H,28,34)(H,32,33);2-11,18,28H,12-16H2,1H3,(H,27,33)(H,31,32)/t20-,21+,26+;20-,21-,26-;;/m10../s1. The lowest BCUT2D eigenvalue weighted by molar-refractivity contribution is -0.145. The summed E-state index contributed by atoms with van der Waals surface area (Å²) in [6.07, 6.45) is 6.71. The molecule has 8 amide bonds. The normalized spacial score (nSPS) is 18.3. The maximum atomic E-state index is 13.6. The zero-order chi connectivity index (χ0) is 106. The molecule has 6 fully saturated rings. The SMILES string of the molecule is Cc1ccccc1C(=O)Nc1cccc2c(S(=O)(=O)NC3CCN(C(=O)CC(=O)O)CC3)cccc12.Cc1ccccc1C(=O)Nc1cccc2c(S(=O)(=O)NC3CCN(C(=O)CCC(=O)O)CC3)cccc12.Cc1ccccc1C(=O)Nc1cccc2c(S(=O)(=O)N[C@H]3CCN(C(=O)[C@@H]4CCCN4)[C@@H](C)C3)cccc12.Cc1ccccc1C(=O)Nc1cccc2c(S(=O)(=O)N[C@H]3CCN(C(=O)[C@@H]4CCCN4)[C@H](C)C3)cccc12. The molecule has 782 valence electrons. The quantitative estimate of drug-likeness (QED) is 0.0213. The Hall–Kier alpha value is -14.1. The molecule has 12 aromatic rings. The topological polar surface area (TPSA) is 481 Å². The number of hydrogen-bond donors (Lipinski definition) is 12. The zero-order valence-corrected chi connectivity index (χ0v) is 86.9. The molecule has 6 aliphatic rings. The van der Waals surface area contributed by atoms with Crippen molar-refractivity contribution in [3.05, 3.63) is 287 Å². The van der Waals surface area contributed by atoms with Gasteiger partial charge in [-0.15, -0.1) is 0 Å². The van der Waals surface area contributed by atoms with E-state index < -0.39 is 64.4 Å². The number of rotatable bonds is 27. The lowest BCUT2D eigenvalue weighted by atomic mass is 9.98. The second-order valence-electron chi connectivity index (χ2n) is 38.5. The van der Waals surface area contributed by atoms with Crippen LogP contribution in [0.25, 0.3) is 43.1 Å². The summed E-state index contributed by atoms with van der Waals surface area (Å²) >= 11 is 0. The highest BCUT2D eigenvalue weighted by Gasteiger charge is 2.40. The highest BCUT2D eigenvalue weighted by Crippen LogP contribution is 2.38. The average Bonchev–Trinajstić information content (AvgIpc) is 1.38. The van der Waals surface area contributed by atoms with Crippen LogP contribution in [-0.4, -0.2) is 223 Å². The van der Waals surface area contributed by atoms with E-state index in [1.807, 2.05) is 124 Å². The van der Waals surface area contributed by atoms with E-state index in [-0.39, 0.29) is 135 Å². The second-order valence-corrected chi connectivity index (χ2v) is 45.2. The predicted molar refractivity (Wildman–Crippen MR) is 572 cm³/mol. The van der Waals surface area contributed by atoms with Crippen LogP contribution in [0.2, 0.25) is 0 Å². The largest absolute Gasteiger partial charge is 0.481 e. The zero-order valence-electron chi connectivity index (χ0n) is 83.6. The number of benzene rings is 12. The van der Waals surface area contributed by atoms with Gasteiger partial charge in [-0.3, -0.25) is 47.9 Å². The van der Waals surface area contributed by atoms with Gasteiger partial charge in [-0.2, -0.15) is 0 Å². The highest BCUT2D eigenvalue weighted by atomic mass is 32.2. The average molecular weight is 2100 g/mol. The first-order valence-electron chi connectivity index (χ1n) is 50.0. The van der Waals surface area contributed by atoms with Crippen molar-refractivity contribution in [2.24, 2.45) is 0 Å². The first-order valence-corrected chi connectivity index (χ1v) is 55.9. The number of fused-ring (bicyclic) bond motifs is 4. The number of carboxylic acids is 2. The van der Waals surface area contributed by atoms with Crippen LogP contribution in [0.1, 0.15) is 174 Å². The summed E-state index contributed by atoms with van der Waals surface area (Å²) in [4.78, 5) is 130. The van der Waals surface area contributed by atoms with Crippen LogP contribution in [0.5, 0.6) is 0 Å². The minimum Gasteiger partial charge on any atom is -0.481 e. The Morgan fingerprint density at radius 2 is 0.564 bits per heavy atom. The second kappa shape index (κ2) is 48.5. The lowest BCUT2D eigenvalue weighted by Crippen LogP contribution is -2.54. The minimum atomic E-state index is -3.91. The number of nitrogens with one attached hydrogen (secondary N) is 10. The maximum Gasteiger partial charge on any atom is 0.312 e. The number of carbonyl (C=O) groups is 10. The molecule has 0 aromatic heterocycles. The van der Waals surface area contributed by atoms with Gasteiger partial charge < -0.3 is 61.7 Å². The van der Waals surface area contributed by atoms with E-state index in [0.717, 1.165) is 61.0 Å². The molecule has 6 atom stereocenters. The van der Waals surface area contributed by atoms with Crippen LogP contribution in [0.15, 0.2) is 262 Å². The van der Waals surface area contributed by atoms with E-state index in [9.17, 15) is 81.6 Å². The Bertz CT molecular complexity index is 7360. The smallest absolute Gasteiger partial charge is 0.312 e. The van der Waals surface area contributed by atoms with Crippen molar-refractivity contribution in [1.82, 2.24) is 49.1 Å². The highest BCUT2D eigenvalue weighted by molar-refractivity contribution is 7.90. The number of hydrogen-bond acceptors (Lipinski definition) is 20. The molecule has 38 heteroatoms. The number of likely N-dealkylation sites (tertiary alicyclic amines) is 4. The molecule has 18 rings (SSSR count). The molecule has 0 saturated carbocycles. The molecule has 0 spiro atoms. The Morgan fingerprint density at radius 1 is 0.302 bits per heavy atom. The van der Waals surface area contributed by atoms with Gasteiger partial charge >= 0.3 is 11.9 Å². The van der Waals surface area contributed by atoms with E-state index in [2.05, 4.69) is 50.8 Å². The number of aliphatic carboxylic acids is 2. The summed E-state index contributed by atoms with van der Waals surface area (Å²) in [5, 5.41) is 40.3. The van der Waals surface area contributed by atoms with Gasteiger partial charge in [-0.1, -0.05) is 170 Å². The Morgan fingerprint density at radius 3 is 0.826 bits per heavy atom. The first-order chi connectivity index (χ1) is 71.3. The van der Waals surface area contributed by atoms with Crippen LogP contribution >= 0.6 is 0 Å². The van der Waals surface area contributed by atoms with Gasteiger partial charge in [-0.25, -0.2) is 52.6 Å². The molecule has 6 saturated heterocycles. The van der Waals surface area contributed by atoms with Crippen molar-refractivity contribution in [2.75, 3.05) is 73.6 Å². The van der Waals surface area contributed by atoms with Crippen LogP contribution in [-0.2, 0) is 68.9 Å². The number of carbonyl (C=O) groups excluding carboxylic acids is 8. The van der Waals surface area contributed by atoms with E-state index in [0.29, 0.717) is 166 Å². The van der Waals surface area contributed by atoms with Gasteiger partial charge in [0, 0.05) is 170 Å². The molecule has 0 radical (unpaired) electrons. The fourth-order valence-electron chi connectivity index (χ4n) is 20.2. The van der Waals surface area contributed by atoms with Crippen LogP contribution in [0.4, 0.5) is 22.7 Å². The number of piperidine rings is 4. The number of anilines is 4. The third-order valence-electron chi connectivity index (χ3n) is 28.1.